The van der Waals surface area contributed by atoms with Crippen molar-refractivity contribution in [3.63, 3.8) is 0 Å². The smallest absolute Gasteiger partial charge is 0.224 e. The number of benzene rings is 1. The van der Waals surface area contributed by atoms with E-state index in [1.54, 1.807) is 18.3 Å². The van der Waals surface area contributed by atoms with Crippen molar-refractivity contribution in [1.82, 2.24) is 19.5 Å². The standard InChI is InChI=1S/C23H27ClFN7O2/c24-16-2-1-3-17(25)19(16)30-23-29-18-11-27-22(28-13-6-9-15(33)10-13)31-21(18)32(23)14-7-4-12(5-8-14)20(26)34/h1-3,11-15,33H,4-10H2,(H2,26,34)(H,29,30)(H,27,28,31)/t12-,13-,14+,15-/m1/s1. The highest BCUT2D eigenvalue weighted by molar-refractivity contribution is 6.33. The van der Waals surface area contributed by atoms with E-state index in [0.29, 0.717) is 55.2 Å². The molecule has 2 aliphatic carbocycles. The molecule has 5 rings (SSSR count). The fraction of sp³-hybridized carbons (Fsp3) is 0.478. The van der Waals surface area contributed by atoms with Crippen LogP contribution in [0.3, 0.4) is 0 Å². The van der Waals surface area contributed by atoms with Crippen LogP contribution >= 0.6 is 11.6 Å². The first-order valence-corrected chi connectivity index (χ1v) is 12.0. The number of imidazole rings is 1. The maximum atomic E-state index is 14.5. The number of hydrogen-bond acceptors (Lipinski definition) is 7. The molecule has 2 fully saturated rings. The molecule has 34 heavy (non-hydrogen) atoms. The number of nitrogens with two attached hydrogens (primary N) is 1. The largest absolute Gasteiger partial charge is 0.393 e. The first kappa shape index (κ1) is 22.8. The van der Waals surface area contributed by atoms with Crippen molar-refractivity contribution < 1.29 is 14.3 Å². The summed E-state index contributed by atoms with van der Waals surface area (Å²) in [4.78, 5) is 25.5. The fourth-order valence-corrected chi connectivity index (χ4v) is 5.22. The van der Waals surface area contributed by atoms with Gasteiger partial charge >= 0.3 is 0 Å². The van der Waals surface area contributed by atoms with Crippen molar-refractivity contribution in [2.75, 3.05) is 10.6 Å². The Morgan fingerprint density at radius 2 is 1.97 bits per heavy atom. The summed E-state index contributed by atoms with van der Waals surface area (Å²) in [5, 5.41) is 16.4. The van der Waals surface area contributed by atoms with E-state index in [4.69, 9.17) is 22.3 Å². The van der Waals surface area contributed by atoms with E-state index >= 15 is 0 Å². The lowest BCUT2D eigenvalue weighted by Crippen LogP contribution is -2.29. The van der Waals surface area contributed by atoms with E-state index in [1.807, 2.05) is 4.57 Å². The lowest BCUT2D eigenvalue weighted by Gasteiger charge is -2.29. The molecule has 3 aromatic rings. The minimum Gasteiger partial charge on any atom is -0.393 e. The Labute approximate surface area is 200 Å². The highest BCUT2D eigenvalue weighted by Crippen LogP contribution is 2.38. The van der Waals surface area contributed by atoms with E-state index < -0.39 is 5.82 Å². The summed E-state index contributed by atoms with van der Waals surface area (Å²) in [5.74, 6) is -0.0554. The van der Waals surface area contributed by atoms with Crippen molar-refractivity contribution in [3.8, 4) is 0 Å². The van der Waals surface area contributed by atoms with Gasteiger partial charge in [-0.1, -0.05) is 17.7 Å². The predicted octanol–water partition coefficient (Wildman–Crippen LogP) is 3.90. The van der Waals surface area contributed by atoms with Gasteiger partial charge in [-0.2, -0.15) is 4.98 Å². The van der Waals surface area contributed by atoms with Gasteiger partial charge in [-0.05, 0) is 57.1 Å². The number of hydrogen-bond donors (Lipinski definition) is 4. The number of aliphatic hydroxyl groups excluding tert-OH is 1. The molecule has 180 valence electrons. The van der Waals surface area contributed by atoms with Crippen LogP contribution in [0.1, 0.15) is 51.0 Å². The summed E-state index contributed by atoms with van der Waals surface area (Å²) in [5.41, 5.74) is 6.82. The van der Waals surface area contributed by atoms with Crippen molar-refractivity contribution in [3.05, 3.63) is 35.2 Å². The van der Waals surface area contributed by atoms with Crippen LogP contribution in [0.15, 0.2) is 24.4 Å². The van der Waals surface area contributed by atoms with Crippen LogP contribution < -0.4 is 16.4 Å². The average molecular weight is 488 g/mol. The number of rotatable bonds is 6. The van der Waals surface area contributed by atoms with E-state index in [0.717, 1.165) is 12.8 Å². The third-order valence-corrected chi connectivity index (χ3v) is 7.15. The molecule has 0 unspecified atom stereocenters. The second-order valence-corrected chi connectivity index (χ2v) is 9.55. The molecule has 2 atom stereocenters. The highest BCUT2D eigenvalue weighted by atomic mass is 35.5. The molecular formula is C23H27ClFN7O2. The molecule has 0 saturated heterocycles. The van der Waals surface area contributed by atoms with Gasteiger partial charge in [-0.15, -0.1) is 0 Å². The number of nitrogens with zero attached hydrogens (tertiary/aromatic N) is 4. The van der Waals surface area contributed by atoms with Crippen LogP contribution in [0.25, 0.3) is 11.2 Å². The van der Waals surface area contributed by atoms with Gasteiger partial charge in [0.2, 0.25) is 17.8 Å². The van der Waals surface area contributed by atoms with E-state index in [2.05, 4.69) is 20.6 Å². The molecule has 11 heteroatoms. The van der Waals surface area contributed by atoms with Crippen LogP contribution in [0.2, 0.25) is 5.02 Å². The molecule has 0 spiro atoms. The summed E-state index contributed by atoms with van der Waals surface area (Å²) in [7, 11) is 0. The number of nitrogens with one attached hydrogen (secondary N) is 2. The number of fused-ring (bicyclic) bond motifs is 1. The number of primary amides is 1. The third-order valence-electron chi connectivity index (χ3n) is 6.83. The third kappa shape index (κ3) is 4.52. The summed E-state index contributed by atoms with van der Waals surface area (Å²) < 4.78 is 16.5. The van der Waals surface area contributed by atoms with Gasteiger partial charge in [-0.3, -0.25) is 9.36 Å². The molecule has 5 N–H and O–H groups in total. The van der Waals surface area contributed by atoms with E-state index in [1.165, 1.54) is 6.07 Å². The van der Waals surface area contributed by atoms with Gasteiger partial charge in [0.25, 0.3) is 0 Å². The minimum absolute atomic E-state index is 0.00954. The number of aromatic nitrogens is 4. The van der Waals surface area contributed by atoms with Crippen LogP contribution in [-0.2, 0) is 4.79 Å². The van der Waals surface area contributed by atoms with Crippen LogP contribution in [0, 0.1) is 11.7 Å². The molecule has 1 amide bonds. The number of aliphatic hydroxyl groups is 1. The first-order chi connectivity index (χ1) is 16.4. The average Bonchev–Trinajstić information content (AvgIpc) is 3.38. The number of para-hydroxylation sites is 1. The highest BCUT2D eigenvalue weighted by Gasteiger charge is 2.30. The van der Waals surface area contributed by atoms with Crippen molar-refractivity contribution in [2.24, 2.45) is 11.7 Å². The summed E-state index contributed by atoms with van der Waals surface area (Å²) in [6.45, 7) is 0. The molecule has 0 bridgehead atoms. The zero-order chi connectivity index (χ0) is 23.8. The summed E-state index contributed by atoms with van der Waals surface area (Å²) >= 11 is 6.25. The Hall–Kier alpha value is -2.98. The van der Waals surface area contributed by atoms with Crippen molar-refractivity contribution in [1.29, 1.82) is 0 Å². The second-order valence-electron chi connectivity index (χ2n) is 9.15. The Morgan fingerprint density at radius 3 is 2.65 bits per heavy atom. The van der Waals surface area contributed by atoms with Gasteiger partial charge < -0.3 is 21.5 Å². The maximum Gasteiger partial charge on any atom is 0.224 e. The quantitative estimate of drug-likeness (QED) is 0.414. The Bertz CT molecular complexity index is 1190. The second kappa shape index (κ2) is 9.34. The molecule has 0 aliphatic heterocycles. The van der Waals surface area contributed by atoms with Gasteiger partial charge in [0, 0.05) is 18.0 Å². The molecule has 2 aromatic heterocycles. The monoisotopic (exact) mass is 487 g/mol. The van der Waals surface area contributed by atoms with Gasteiger partial charge in [0.1, 0.15) is 11.3 Å². The van der Waals surface area contributed by atoms with Crippen LogP contribution in [0.4, 0.5) is 22.0 Å². The van der Waals surface area contributed by atoms with E-state index in [-0.39, 0.29) is 40.7 Å². The Morgan fingerprint density at radius 1 is 1.18 bits per heavy atom. The maximum absolute atomic E-state index is 14.5. The number of halogens is 2. The van der Waals surface area contributed by atoms with E-state index in [9.17, 15) is 14.3 Å². The van der Waals surface area contributed by atoms with Gasteiger partial charge in [-0.25, -0.2) is 14.4 Å². The fourth-order valence-electron chi connectivity index (χ4n) is 5.01. The normalized spacial score (nSPS) is 24.9. The molecule has 2 aliphatic rings. The summed E-state index contributed by atoms with van der Waals surface area (Å²) in [6.07, 6.45) is 6.31. The zero-order valence-corrected chi connectivity index (χ0v) is 19.3. The van der Waals surface area contributed by atoms with Crippen LogP contribution in [0.5, 0.6) is 0 Å². The van der Waals surface area contributed by atoms with Crippen molar-refractivity contribution in [2.45, 2.75) is 63.1 Å². The minimum atomic E-state index is -0.489. The summed E-state index contributed by atoms with van der Waals surface area (Å²) in [6, 6.07) is 4.57. The van der Waals surface area contributed by atoms with Crippen molar-refractivity contribution >= 4 is 46.3 Å². The molecule has 9 nitrogen and oxygen atoms in total. The number of carbonyl (C=O) groups excluding carboxylic acids is 1. The Balaban J connectivity index is 1.52. The van der Waals surface area contributed by atoms with Gasteiger partial charge in [0.15, 0.2) is 5.65 Å². The number of anilines is 3. The lowest BCUT2D eigenvalue weighted by molar-refractivity contribution is -0.122. The van der Waals surface area contributed by atoms with Gasteiger partial charge in [0.05, 0.1) is 23.0 Å². The topological polar surface area (TPSA) is 131 Å². The number of carbonyl (C=O) groups is 1. The SMILES string of the molecule is NC(=O)[C@H]1CC[C@@H](n2c(Nc3c(F)cccc3Cl)nc3cnc(N[C@@H]4CC[C@@H](O)C4)nc32)CC1. The Kier molecular flexibility index (Phi) is 6.26. The lowest BCUT2D eigenvalue weighted by atomic mass is 9.85. The molecule has 0 radical (unpaired) electrons. The molecule has 2 heterocycles. The number of amides is 1. The predicted molar refractivity (Wildman–Crippen MR) is 127 cm³/mol. The first-order valence-electron chi connectivity index (χ1n) is 11.6. The molecular weight excluding hydrogens is 461 g/mol. The molecule has 2 saturated carbocycles. The zero-order valence-electron chi connectivity index (χ0n) is 18.5. The van der Waals surface area contributed by atoms with Crippen LogP contribution in [-0.4, -0.2) is 42.7 Å². The molecule has 1 aromatic carbocycles.